The average Bonchev–Trinajstić information content (AvgIpc) is 2.17. The van der Waals surface area contributed by atoms with Crippen LogP contribution >= 0.6 is 22.6 Å². The Morgan fingerprint density at radius 3 is 2.85 bits per heavy atom. The van der Waals surface area contributed by atoms with Crippen molar-refractivity contribution >= 4 is 22.6 Å². The normalized spacial score (nSPS) is 11.8. The number of allylic oxidation sites excluding steroid dienone is 1. The van der Waals surface area contributed by atoms with E-state index < -0.39 is 0 Å². The average molecular weight is 283 g/mol. The van der Waals surface area contributed by atoms with E-state index in [-0.39, 0.29) is 0 Å². The Kier molecular flexibility index (Phi) is 3.49. The smallest absolute Gasteiger partial charge is 0.0991 e. The lowest BCUT2D eigenvalue weighted by Gasteiger charge is -2.08. The van der Waals surface area contributed by atoms with Crippen LogP contribution in [0, 0.1) is 14.9 Å². The number of halogens is 1. The first-order chi connectivity index (χ1) is 6.19. The maximum Gasteiger partial charge on any atom is 0.0991 e. The Labute approximate surface area is 92.2 Å². The first kappa shape index (κ1) is 10.3. The zero-order chi connectivity index (χ0) is 9.84. The van der Waals surface area contributed by atoms with Crippen LogP contribution in [0.25, 0.3) is 0 Å². The fourth-order valence-corrected chi connectivity index (χ4v) is 1.92. The van der Waals surface area contributed by atoms with Crippen LogP contribution in [0.5, 0.6) is 0 Å². The molecule has 1 aromatic rings. The summed E-state index contributed by atoms with van der Waals surface area (Å²) in [6.07, 6.45) is 1.89. The molecule has 0 radical (unpaired) electrons. The van der Waals surface area contributed by atoms with Gasteiger partial charge in [0.2, 0.25) is 0 Å². The SMILES string of the molecule is C=CC(C)c1cc(C#N)ccc1I. The van der Waals surface area contributed by atoms with Crippen LogP contribution in [-0.4, -0.2) is 0 Å². The van der Waals surface area contributed by atoms with Crippen molar-refractivity contribution in [2.24, 2.45) is 0 Å². The van der Waals surface area contributed by atoms with Crippen molar-refractivity contribution in [1.29, 1.82) is 5.26 Å². The Hall–Kier alpha value is -0.820. The number of rotatable bonds is 2. The molecule has 0 N–H and O–H groups in total. The lowest BCUT2D eigenvalue weighted by atomic mass is 10.00. The van der Waals surface area contributed by atoms with Crippen LogP contribution in [0.2, 0.25) is 0 Å². The summed E-state index contributed by atoms with van der Waals surface area (Å²) in [4.78, 5) is 0. The first-order valence-corrected chi connectivity index (χ1v) is 5.09. The molecule has 1 unspecified atom stereocenters. The second kappa shape index (κ2) is 4.43. The van der Waals surface area contributed by atoms with E-state index in [9.17, 15) is 0 Å². The van der Waals surface area contributed by atoms with Gasteiger partial charge in [-0.2, -0.15) is 5.26 Å². The summed E-state index contributed by atoms with van der Waals surface area (Å²) in [5, 5.41) is 8.73. The fourth-order valence-electron chi connectivity index (χ4n) is 1.09. The fraction of sp³-hybridized carbons (Fsp3) is 0.182. The molecule has 13 heavy (non-hydrogen) atoms. The molecule has 0 fully saturated rings. The van der Waals surface area contributed by atoms with Crippen molar-refractivity contribution in [1.82, 2.24) is 0 Å². The first-order valence-electron chi connectivity index (χ1n) is 4.01. The van der Waals surface area contributed by atoms with E-state index in [1.54, 1.807) is 0 Å². The molecule has 2 heteroatoms. The highest BCUT2D eigenvalue weighted by atomic mass is 127. The molecule has 1 atom stereocenters. The van der Waals surface area contributed by atoms with E-state index >= 15 is 0 Å². The van der Waals surface area contributed by atoms with Crippen LogP contribution in [0.3, 0.4) is 0 Å². The second-order valence-corrected chi connectivity index (χ2v) is 4.03. The Morgan fingerprint density at radius 1 is 1.62 bits per heavy atom. The van der Waals surface area contributed by atoms with E-state index in [2.05, 4.69) is 42.2 Å². The molecule has 0 aromatic heterocycles. The van der Waals surface area contributed by atoms with Gasteiger partial charge in [-0.05, 0) is 52.3 Å². The lowest BCUT2D eigenvalue weighted by molar-refractivity contribution is 0.961. The third kappa shape index (κ3) is 2.31. The summed E-state index contributed by atoms with van der Waals surface area (Å²) < 4.78 is 1.18. The molecule has 0 saturated carbocycles. The van der Waals surface area contributed by atoms with Gasteiger partial charge in [0, 0.05) is 3.57 Å². The van der Waals surface area contributed by atoms with Crippen LogP contribution in [0.15, 0.2) is 30.9 Å². The van der Waals surface area contributed by atoms with Crippen molar-refractivity contribution in [3.8, 4) is 6.07 Å². The summed E-state index contributed by atoms with van der Waals surface area (Å²) in [7, 11) is 0. The van der Waals surface area contributed by atoms with Crippen molar-refractivity contribution in [2.75, 3.05) is 0 Å². The molecule has 0 spiro atoms. The van der Waals surface area contributed by atoms with Gasteiger partial charge in [0.05, 0.1) is 11.6 Å². The van der Waals surface area contributed by atoms with E-state index in [1.807, 2.05) is 24.3 Å². The molecule has 0 heterocycles. The van der Waals surface area contributed by atoms with Crippen LogP contribution in [0.1, 0.15) is 24.0 Å². The maximum absolute atomic E-state index is 8.73. The van der Waals surface area contributed by atoms with E-state index in [1.165, 1.54) is 9.13 Å². The number of hydrogen-bond acceptors (Lipinski definition) is 1. The van der Waals surface area contributed by atoms with Crippen LogP contribution < -0.4 is 0 Å². The minimum Gasteiger partial charge on any atom is -0.192 e. The van der Waals surface area contributed by atoms with E-state index in [0.29, 0.717) is 11.5 Å². The maximum atomic E-state index is 8.73. The summed E-state index contributed by atoms with van der Waals surface area (Å²) in [5.74, 6) is 0.306. The highest BCUT2D eigenvalue weighted by Crippen LogP contribution is 2.23. The number of nitriles is 1. The quantitative estimate of drug-likeness (QED) is 0.602. The molecule has 1 rings (SSSR count). The third-order valence-corrected chi connectivity index (χ3v) is 2.95. The van der Waals surface area contributed by atoms with Gasteiger partial charge in [0.15, 0.2) is 0 Å². The molecular weight excluding hydrogens is 273 g/mol. The molecule has 0 aliphatic carbocycles. The summed E-state index contributed by atoms with van der Waals surface area (Å²) in [6.45, 7) is 5.82. The molecule has 1 aromatic carbocycles. The predicted octanol–water partition coefficient (Wildman–Crippen LogP) is 3.45. The van der Waals surface area contributed by atoms with Crippen molar-refractivity contribution in [3.05, 3.63) is 45.6 Å². The Morgan fingerprint density at radius 2 is 2.31 bits per heavy atom. The standard InChI is InChI=1S/C11H10IN/c1-3-8(2)10-6-9(7-13)4-5-11(10)12/h3-6,8H,1H2,2H3. The molecule has 0 aliphatic rings. The molecule has 0 bridgehead atoms. The zero-order valence-corrected chi connectivity index (χ0v) is 9.58. The molecule has 0 aliphatic heterocycles. The molecule has 66 valence electrons. The summed E-state index contributed by atoms with van der Waals surface area (Å²) in [5.41, 5.74) is 1.89. The van der Waals surface area contributed by atoms with Gasteiger partial charge >= 0.3 is 0 Å². The van der Waals surface area contributed by atoms with Gasteiger partial charge in [0.25, 0.3) is 0 Å². The van der Waals surface area contributed by atoms with E-state index in [0.717, 1.165) is 0 Å². The number of benzene rings is 1. The predicted molar refractivity (Wildman–Crippen MR) is 62.5 cm³/mol. The van der Waals surface area contributed by atoms with Gasteiger partial charge in [-0.25, -0.2) is 0 Å². The van der Waals surface area contributed by atoms with Crippen molar-refractivity contribution in [3.63, 3.8) is 0 Å². The number of hydrogen-bond donors (Lipinski definition) is 0. The summed E-state index contributed by atoms with van der Waals surface area (Å²) in [6, 6.07) is 7.86. The Bertz CT molecular complexity index is 363. The number of nitrogens with zero attached hydrogens (tertiary/aromatic N) is 1. The molecule has 1 nitrogen and oxygen atoms in total. The molecular formula is C11H10IN. The van der Waals surface area contributed by atoms with Crippen LogP contribution in [0.4, 0.5) is 0 Å². The monoisotopic (exact) mass is 283 g/mol. The second-order valence-electron chi connectivity index (χ2n) is 2.87. The van der Waals surface area contributed by atoms with Crippen molar-refractivity contribution in [2.45, 2.75) is 12.8 Å². The highest BCUT2D eigenvalue weighted by Gasteiger charge is 2.06. The highest BCUT2D eigenvalue weighted by molar-refractivity contribution is 14.1. The van der Waals surface area contributed by atoms with Gasteiger partial charge in [-0.3, -0.25) is 0 Å². The lowest BCUT2D eigenvalue weighted by Crippen LogP contribution is -1.93. The van der Waals surface area contributed by atoms with Gasteiger partial charge in [0.1, 0.15) is 0 Å². The van der Waals surface area contributed by atoms with Gasteiger partial charge in [-0.1, -0.05) is 13.0 Å². The minimum absolute atomic E-state index is 0.306. The molecule has 0 saturated heterocycles. The van der Waals surface area contributed by atoms with Gasteiger partial charge < -0.3 is 0 Å². The molecule has 0 amide bonds. The summed E-state index contributed by atoms with van der Waals surface area (Å²) >= 11 is 2.27. The van der Waals surface area contributed by atoms with Crippen molar-refractivity contribution < 1.29 is 0 Å². The Balaban J connectivity index is 3.20. The van der Waals surface area contributed by atoms with Gasteiger partial charge in [-0.15, -0.1) is 6.58 Å². The zero-order valence-electron chi connectivity index (χ0n) is 7.42. The van der Waals surface area contributed by atoms with E-state index in [4.69, 9.17) is 5.26 Å². The minimum atomic E-state index is 0.306. The van der Waals surface area contributed by atoms with Crippen LogP contribution in [-0.2, 0) is 0 Å². The topological polar surface area (TPSA) is 23.8 Å². The third-order valence-electron chi connectivity index (χ3n) is 1.97. The largest absolute Gasteiger partial charge is 0.192 e.